The summed E-state index contributed by atoms with van der Waals surface area (Å²) in [6, 6.07) is 13.4. The highest BCUT2D eigenvalue weighted by Gasteiger charge is 2.16. The average Bonchev–Trinajstić information content (AvgIpc) is 3.45. The van der Waals surface area contributed by atoms with Crippen molar-refractivity contribution in [1.29, 1.82) is 0 Å². The molecule has 0 bridgehead atoms. The van der Waals surface area contributed by atoms with Crippen molar-refractivity contribution in [2.75, 3.05) is 0 Å². The van der Waals surface area contributed by atoms with Gasteiger partial charge in [-0.25, -0.2) is 9.97 Å². The number of hydrogen-bond acceptors (Lipinski definition) is 8. The standard InChI is InChI=1S/C23H19N5O2S3/c1-3-10-27-21(30)16-12-17(14-8-6-5-7-9-14)32-20(16)25-22(27)31-13-15-11-19(29)28-23(24-15)33-18(4-2)26-28/h3,5-9,11-12H,1,4,10,13H2,2H3. The molecule has 7 nitrogen and oxygen atoms in total. The van der Waals surface area contributed by atoms with Crippen LogP contribution in [0.25, 0.3) is 25.6 Å². The Labute approximate surface area is 201 Å². The molecular formula is C23H19N5O2S3. The van der Waals surface area contributed by atoms with E-state index in [0.29, 0.717) is 38.3 Å². The number of nitrogens with zero attached hydrogens (tertiary/aromatic N) is 5. The van der Waals surface area contributed by atoms with E-state index < -0.39 is 0 Å². The third-order valence-electron chi connectivity index (χ3n) is 4.98. The van der Waals surface area contributed by atoms with Crippen LogP contribution in [0.2, 0.25) is 0 Å². The molecule has 166 valence electrons. The Morgan fingerprint density at radius 2 is 1.94 bits per heavy atom. The zero-order valence-electron chi connectivity index (χ0n) is 17.7. The SMILES string of the molecule is C=CCn1c(SCc2cc(=O)n3nc(CC)sc3n2)nc2sc(-c3ccccc3)cc2c1=O. The summed E-state index contributed by atoms with van der Waals surface area (Å²) in [5, 5.41) is 6.33. The van der Waals surface area contributed by atoms with Crippen LogP contribution in [0.1, 0.15) is 17.6 Å². The zero-order chi connectivity index (χ0) is 22.9. The molecule has 33 heavy (non-hydrogen) atoms. The molecule has 0 saturated heterocycles. The topological polar surface area (TPSA) is 82.2 Å². The average molecular weight is 494 g/mol. The molecule has 4 heterocycles. The molecule has 0 amide bonds. The fourth-order valence-corrected chi connectivity index (χ4v) is 6.23. The molecule has 0 aliphatic rings. The second-order valence-electron chi connectivity index (χ2n) is 7.21. The number of thioether (sulfide) groups is 1. The maximum atomic E-state index is 13.3. The molecule has 1 aromatic carbocycles. The molecule has 0 spiro atoms. The van der Waals surface area contributed by atoms with Crippen LogP contribution in [-0.4, -0.2) is 24.1 Å². The van der Waals surface area contributed by atoms with Crippen molar-refractivity contribution in [2.24, 2.45) is 0 Å². The third-order valence-corrected chi connectivity index (χ3v) is 8.12. The predicted octanol–water partition coefficient (Wildman–Crippen LogP) is 4.63. The van der Waals surface area contributed by atoms with Gasteiger partial charge in [0, 0.05) is 23.2 Å². The second kappa shape index (κ2) is 9.05. The highest BCUT2D eigenvalue weighted by atomic mass is 32.2. The molecule has 0 aliphatic carbocycles. The molecule has 0 aliphatic heterocycles. The normalized spacial score (nSPS) is 11.4. The molecule has 0 radical (unpaired) electrons. The van der Waals surface area contributed by atoms with E-state index in [1.165, 1.54) is 45.0 Å². The summed E-state index contributed by atoms with van der Waals surface area (Å²) in [5.74, 6) is 0.414. The summed E-state index contributed by atoms with van der Waals surface area (Å²) < 4.78 is 2.96. The van der Waals surface area contributed by atoms with Crippen LogP contribution in [0.15, 0.2) is 69.9 Å². The highest BCUT2D eigenvalue weighted by Crippen LogP contribution is 2.32. The van der Waals surface area contributed by atoms with Crippen LogP contribution in [0.3, 0.4) is 0 Å². The van der Waals surface area contributed by atoms with Gasteiger partial charge in [-0.15, -0.1) is 17.9 Å². The fraction of sp³-hybridized carbons (Fsp3) is 0.174. The van der Waals surface area contributed by atoms with Crippen molar-refractivity contribution >= 4 is 49.6 Å². The maximum absolute atomic E-state index is 13.3. The largest absolute Gasteiger partial charge is 0.283 e. The van der Waals surface area contributed by atoms with E-state index in [1.807, 2.05) is 43.3 Å². The molecule has 10 heteroatoms. The van der Waals surface area contributed by atoms with Crippen molar-refractivity contribution in [1.82, 2.24) is 24.1 Å². The van der Waals surface area contributed by atoms with Crippen LogP contribution in [-0.2, 0) is 18.7 Å². The van der Waals surface area contributed by atoms with Crippen LogP contribution in [0.5, 0.6) is 0 Å². The Hall–Kier alpha value is -3.08. The molecular weight excluding hydrogens is 474 g/mol. The minimum absolute atomic E-state index is 0.0978. The Balaban J connectivity index is 1.52. The first-order chi connectivity index (χ1) is 16.1. The monoisotopic (exact) mass is 493 g/mol. The van der Waals surface area contributed by atoms with Gasteiger partial charge < -0.3 is 0 Å². The number of fused-ring (bicyclic) bond motifs is 2. The minimum Gasteiger partial charge on any atom is -0.283 e. The number of hydrogen-bond donors (Lipinski definition) is 0. The first kappa shape index (κ1) is 21.7. The summed E-state index contributed by atoms with van der Waals surface area (Å²) >= 11 is 4.30. The van der Waals surface area contributed by atoms with Crippen LogP contribution in [0, 0.1) is 0 Å². The first-order valence-electron chi connectivity index (χ1n) is 10.3. The highest BCUT2D eigenvalue weighted by molar-refractivity contribution is 7.98. The van der Waals surface area contributed by atoms with Crippen LogP contribution >= 0.6 is 34.4 Å². The molecule has 0 unspecified atom stereocenters. The van der Waals surface area contributed by atoms with Crippen LogP contribution in [0.4, 0.5) is 0 Å². The van der Waals surface area contributed by atoms with Gasteiger partial charge in [-0.1, -0.05) is 66.4 Å². The molecule has 5 rings (SSSR count). The lowest BCUT2D eigenvalue weighted by atomic mass is 10.2. The van der Waals surface area contributed by atoms with E-state index in [2.05, 4.69) is 16.7 Å². The molecule has 0 N–H and O–H groups in total. The van der Waals surface area contributed by atoms with Gasteiger partial charge in [0.05, 0.1) is 11.1 Å². The fourth-order valence-electron chi connectivity index (χ4n) is 3.39. The van der Waals surface area contributed by atoms with Gasteiger partial charge in [0.1, 0.15) is 9.84 Å². The third kappa shape index (κ3) is 4.17. The maximum Gasteiger partial charge on any atom is 0.275 e. The molecule has 0 saturated carbocycles. The Morgan fingerprint density at radius 1 is 1.12 bits per heavy atom. The number of rotatable bonds is 7. The number of allylic oxidation sites excluding steroid dienone is 1. The van der Waals surface area contributed by atoms with Crippen LogP contribution < -0.4 is 11.1 Å². The lowest BCUT2D eigenvalue weighted by Crippen LogP contribution is -2.22. The summed E-state index contributed by atoms with van der Waals surface area (Å²) in [5.41, 5.74) is 1.38. The number of benzene rings is 1. The number of thiophene rings is 1. The summed E-state index contributed by atoms with van der Waals surface area (Å²) in [6.07, 6.45) is 2.44. The Morgan fingerprint density at radius 3 is 2.70 bits per heavy atom. The van der Waals surface area contributed by atoms with Gasteiger partial charge in [0.25, 0.3) is 11.1 Å². The Bertz CT molecular complexity index is 1600. The van der Waals surface area contributed by atoms with Gasteiger partial charge in [0.15, 0.2) is 5.16 Å². The summed E-state index contributed by atoms with van der Waals surface area (Å²) in [6.45, 7) is 6.13. The lowest BCUT2D eigenvalue weighted by Gasteiger charge is -2.09. The van der Waals surface area contributed by atoms with E-state index >= 15 is 0 Å². The van der Waals surface area contributed by atoms with E-state index in [-0.39, 0.29) is 11.1 Å². The first-order valence-corrected chi connectivity index (χ1v) is 12.9. The molecule has 4 aromatic heterocycles. The van der Waals surface area contributed by atoms with E-state index in [4.69, 9.17) is 4.98 Å². The minimum atomic E-state index is -0.204. The zero-order valence-corrected chi connectivity index (χ0v) is 20.2. The quantitative estimate of drug-likeness (QED) is 0.187. The van der Waals surface area contributed by atoms with E-state index in [1.54, 1.807) is 10.6 Å². The lowest BCUT2D eigenvalue weighted by molar-refractivity contribution is 0.672. The van der Waals surface area contributed by atoms with Crippen molar-refractivity contribution in [3.05, 3.63) is 86.5 Å². The van der Waals surface area contributed by atoms with Crippen molar-refractivity contribution in [2.45, 2.75) is 30.8 Å². The summed E-state index contributed by atoms with van der Waals surface area (Å²) in [4.78, 5) is 37.4. The Kier molecular flexibility index (Phi) is 5.96. The smallest absolute Gasteiger partial charge is 0.275 e. The second-order valence-corrected chi connectivity index (χ2v) is 10.2. The van der Waals surface area contributed by atoms with Gasteiger partial charge in [0.2, 0.25) is 4.96 Å². The van der Waals surface area contributed by atoms with E-state index in [9.17, 15) is 9.59 Å². The molecule has 5 aromatic rings. The molecule has 0 fully saturated rings. The van der Waals surface area contributed by atoms with Gasteiger partial charge in [-0.05, 0) is 18.1 Å². The van der Waals surface area contributed by atoms with E-state index in [0.717, 1.165) is 21.9 Å². The number of aryl methyl sites for hydroxylation is 1. The van der Waals surface area contributed by atoms with Crippen molar-refractivity contribution in [3.8, 4) is 10.4 Å². The summed E-state index contributed by atoms with van der Waals surface area (Å²) in [7, 11) is 0. The van der Waals surface area contributed by atoms with Crippen molar-refractivity contribution in [3.63, 3.8) is 0 Å². The van der Waals surface area contributed by atoms with Gasteiger partial charge >= 0.3 is 0 Å². The molecule has 0 atom stereocenters. The van der Waals surface area contributed by atoms with Crippen molar-refractivity contribution < 1.29 is 0 Å². The van der Waals surface area contributed by atoms with Gasteiger partial charge in [-0.3, -0.25) is 14.2 Å². The van der Waals surface area contributed by atoms with Gasteiger partial charge in [-0.2, -0.15) is 9.61 Å². The number of aromatic nitrogens is 5. The predicted molar refractivity (Wildman–Crippen MR) is 136 cm³/mol.